The summed E-state index contributed by atoms with van der Waals surface area (Å²) in [4.78, 5) is 14.1. The van der Waals surface area contributed by atoms with Gasteiger partial charge in [0.25, 0.3) is 0 Å². The van der Waals surface area contributed by atoms with E-state index in [1.807, 2.05) is 7.05 Å². The van der Waals surface area contributed by atoms with Gasteiger partial charge in [-0.2, -0.15) is 5.10 Å². The fourth-order valence-corrected chi connectivity index (χ4v) is 4.04. The van der Waals surface area contributed by atoms with Crippen LogP contribution in [0.2, 0.25) is 5.15 Å². The van der Waals surface area contributed by atoms with Gasteiger partial charge in [-0.25, -0.2) is 0 Å². The quantitative estimate of drug-likeness (QED) is 0.875. The number of aryl methyl sites for hydroxylation is 3. The largest absolute Gasteiger partial charge is 0.352 e. The summed E-state index contributed by atoms with van der Waals surface area (Å²) in [7, 11) is 1.88. The number of halogens is 1. The van der Waals surface area contributed by atoms with Crippen molar-refractivity contribution in [3.63, 3.8) is 0 Å². The van der Waals surface area contributed by atoms with Crippen molar-refractivity contribution in [1.82, 2.24) is 20.0 Å². The highest BCUT2D eigenvalue weighted by Gasteiger charge is 2.35. The van der Waals surface area contributed by atoms with Crippen molar-refractivity contribution in [1.29, 1.82) is 0 Å². The summed E-state index contributed by atoms with van der Waals surface area (Å²) in [6, 6.07) is 8.72. The number of aromatic nitrogens is 2. The maximum atomic E-state index is 11.7. The topological polar surface area (TPSA) is 50.2 Å². The predicted octanol–water partition coefficient (Wildman–Crippen LogP) is 3.05. The molecular weight excluding hydrogens is 348 g/mol. The zero-order chi connectivity index (χ0) is 18.8. The second-order valence-corrected chi connectivity index (χ2v) is 7.57. The maximum Gasteiger partial charge on any atom is 0.217 e. The Bertz CT molecular complexity index is 784. The molecule has 0 bridgehead atoms. The van der Waals surface area contributed by atoms with Crippen molar-refractivity contribution in [2.24, 2.45) is 7.05 Å². The van der Waals surface area contributed by atoms with E-state index in [-0.39, 0.29) is 17.9 Å². The molecule has 0 radical (unpaired) electrons. The zero-order valence-corrected chi connectivity index (χ0v) is 16.7. The van der Waals surface area contributed by atoms with Crippen LogP contribution >= 0.6 is 11.6 Å². The van der Waals surface area contributed by atoms with Gasteiger partial charge < -0.3 is 5.32 Å². The van der Waals surface area contributed by atoms with Crippen molar-refractivity contribution < 1.29 is 4.79 Å². The molecule has 26 heavy (non-hydrogen) atoms. The summed E-state index contributed by atoms with van der Waals surface area (Å²) in [5.74, 6) is 0.294. The van der Waals surface area contributed by atoms with E-state index in [9.17, 15) is 4.79 Å². The van der Waals surface area contributed by atoms with E-state index in [0.29, 0.717) is 5.15 Å². The van der Waals surface area contributed by atoms with Crippen molar-refractivity contribution in [3.8, 4) is 0 Å². The molecule has 1 amide bonds. The Balaban J connectivity index is 1.82. The molecule has 2 atom stereocenters. The first-order chi connectivity index (χ1) is 12.4. The number of nitrogens with zero attached hydrogens (tertiary/aromatic N) is 3. The van der Waals surface area contributed by atoms with Gasteiger partial charge in [-0.3, -0.25) is 14.4 Å². The average Bonchev–Trinajstić information content (AvgIpc) is 3.10. The molecule has 3 rings (SSSR count). The Kier molecular flexibility index (Phi) is 5.68. The fraction of sp³-hybridized carbons (Fsp3) is 0.500. The summed E-state index contributed by atoms with van der Waals surface area (Å²) in [5.41, 5.74) is 4.66. The van der Waals surface area contributed by atoms with Crippen LogP contribution in [0, 0.1) is 6.92 Å². The molecule has 1 aromatic carbocycles. The second kappa shape index (κ2) is 7.80. The molecule has 0 unspecified atom stereocenters. The van der Waals surface area contributed by atoms with Crippen LogP contribution < -0.4 is 5.32 Å². The van der Waals surface area contributed by atoms with Crippen molar-refractivity contribution >= 4 is 17.5 Å². The summed E-state index contributed by atoms with van der Waals surface area (Å²) in [6.45, 7) is 8.24. The predicted molar refractivity (Wildman–Crippen MR) is 104 cm³/mol. The minimum absolute atomic E-state index is 0.0163. The van der Waals surface area contributed by atoms with Crippen LogP contribution in [0.5, 0.6) is 0 Å². The molecule has 2 heterocycles. The molecule has 1 N–H and O–H groups in total. The highest BCUT2D eigenvalue weighted by Crippen LogP contribution is 2.31. The van der Waals surface area contributed by atoms with Crippen molar-refractivity contribution in [3.05, 3.63) is 51.8 Å². The first-order valence-corrected chi connectivity index (χ1v) is 9.53. The number of carbonyl (C=O) groups excluding carboxylic acids is 1. The number of hydrogen-bond acceptors (Lipinski definition) is 3. The number of likely N-dealkylation sites (tertiary alicyclic amines) is 1. The first kappa shape index (κ1) is 18.9. The van der Waals surface area contributed by atoms with Gasteiger partial charge in [-0.1, -0.05) is 48.4 Å². The lowest BCUT2D eigenvalue weighted by Crippen LogP contribution is -2.38. The number of carbonyl (C=O) groups is 1. The minimum atomic E-state index is 0.0163. The maximum absolute atomic E-state index is 11.7. The molecule has 0 aliphatic carbocycles. The molecule has 1 aliphatic rings. The summed E-state index contributed by atoms with van der Waals surface area (Å²) < 4.78 is 1.74. The molecular formula is C20H27ClN4O. The van der Waals surface area contributed by atoms with E-state index in [0.717, 1.165) is 37.3 Å². The first-order valence-electron chi connectivity index (χ1n) is 9.15. The smallest absolute Gasteiger partial charge is 0.217 e. The van der Waals surface area contributed by atoms with Crippen LogP contribution in [0.4, 0.5) is 0 Å². The van der Waals surface area contributed by atoms with Gasteiger partial charge in [0.2, 0.25) is 5.91 Å². The van der Waals surface area contributed by atoms with E-state index in [1.165, 1.54) is 11.1 Å². The van der Waals surface area contributed by atoms with Gasteiger partial charge in [0.1, 0.15) is 5.15 Å². The van der Waals surface area contributed by atoms with Crippen LogP contribution in [0.15, 0.2) is 24.3 Å². The number of amides is 1. The minimum Gasteiger partial charge on any atom is -0.352 e. The lowest BCUT2D eigenvalue weighted by Gasteiger charge is -2.19. The lowest BCUT2D eigenvalue weighted by molar-refractivity contribution is -0.119. The van der Waals surface area contributed by atoms with E-state index >= 15 is 0 Å². The third kappa shape index (κ3) is 3.94. The zero-order valence-electron chi connectivity index (χ0n) is 15.9. The Morgan fingerprint density at radius 3 is 2.62 bits per heavy atom. The van der Waals surface area contributed by atoms with Crippen molar-refractivity contribution in [2.45, 2.75) is 45.7 Å². The highest BCUT2D eigenvalue weighted by atomic mass is 35.5. The highest BCUT2D eigenvalue weighted by molar-refractivity contribution is 6.30. The van der Waals surface area contributed by atoms with Gasteiger partial charge in [-0.05, 0) is 18.9 Å². The van der Waals surface area contributed by atoms with E-state index in [2.05, 4.69) is 53.4 Å². The summed E-state index contributed by atoms with van der Waals surface area (Å²) in [5, 5.41) is 8.35. The lowest BCUT2D eigenvalue weighted by atomic mass is 9.93. The monoisotopic (exact) mass is 374 g/mol. The fourth-order valence-electron chi connectivity index (χ4n) is 3.84. The third-order valence-electron chi connectivity index (χ3n) is 5.16. The molecule has 1 fully saturated rings. The van der Waals surface area contributed by atoms with E-state index < -0.39 is 0 Å². The van der Waals surface area contributed by atoms with Crippen LogP contribution in [0.25, 0.3) is 0 Å². The van der Waals surface area contributed by atoms with E-state index in [1.54, 1.807) is 11.6 Å². The van der Waals surface area contributed by atoms with Crippen LogP contribution in [0.3, 0.4) is 0 Å². The molecule has 6 heteroatoms. The molecule has 1 aliphatic heterocycles. The van der Waals surface area contributed by atoms with E-state index in [4.69, 9.17) is 11.6 Å². The molecule has 0 spiro atoms. The van der Waals surface area contributed by atoms with Crippen LogP contribution in [-0.4, -0.2) is 39.7 Å². The molecule has 140 valence electrons. The number of hydrogen-bond donors (Lipinski definition) is 1. The van der Waals surface area contributed by atoms with Crippen LogP contribution in [-0.2, 0) is 24.8 Å². The van der Waals surface area contributed by atoms with Gasteiger partial charge in [-0.15, -0.1) is 0 Å². The summed E-state index contributed by atoms with van der Waals surface area (Å²) in [6.07, 6.45) is 0.861. The third-order valence-corrected chi connectivity index (χ3v) is 5.63. The Morgan fingerprint density at radius 1 is 1.31 bits per heavy atom. The van der Waals surface area contributed by atoms with Crippen molar-refractivity contribution in [2.75, 3.05) is 13.1 Å². The molecule has 5 nitrogen and oxygen atoms in total. The number of benzene rings is 1. The molecule has 1 saturated heterocycles. The Labute approximate surface area is 160 Å². The number of rotatable bonds is 5. The van der Waals surface area contributed by atoms with Gasteiger partial charge in [0, 0.05) is 51.1 Å². The Morgan fingerprint density at radius 2 is 2.00 bits per heavy atom. The summed E-state index contributed by atoms with van der Waals surface area (Å²) >= 11 is 6.47. The molecule has 2 aromatic rings. The normalized spacial score (nSPS) is 20.5. The van der Waals surface area contributed by atoms with Gasteiger partial charge in [0.05, 0.1) is 5.69 Å². The van der Waals surface area contributed by atoms with Gasteiger partial charge >= 0.3 is 0 Å². The van der Waals surface area contributed by atoms with Crippen LogP contribution in [0.1, 0.15) is 42.1 Å². The standard InChI is InChI=1S/C20H27ClN4O/c1-5-18-17(20(21)24(4)23-18)11-25-10-16(19(12-25)22-14(3)26)15-8-6-13(2)7-9-15/h6-9,16,19H,5,10-12H2,1-4H3,(H,22,26)/t16-,19+/m0/s1. The molecule has 1 aromatic heterocycles. The molecule has 0 saturated carbocycles. The SMILES string of the molecule is CCc1nn(C)c(Cl)c1CN1C[C@@H](NC(C)=O)[C@H](c2ccc(C)cc2)C1. The second-order valence-electron chi connectivity index (χ2n) is 7.21. The van der Waals surface area contributed by atoms with Gasteiger partial charge in [0.15, 0.2) is 0 Å². The number of nitrogens with one attached hydrogen (secondary N) is 1. The average molecular weight is 375 g/mol. The Hall–Kier alpha value is -1.85.